The summed E-state index contributed by atoms with van der Waals surface area (Å²) in [4.78, 5) is 12.5. The zero-order chi connectivity index (χ0) is 23.0. The fourth-order valence-corrected chi connectivity index (χ4v) is 3.85. The molecule has 0 radical (unpaired) electrons. The first kappa shape index (κ1) is 22.1. The van der Waals surface area contributed by atoms with E-state index in [2.05, 4.69) is 20.7 Å². The molecule has 4 aromatic rings. The van der Waals surface area contributed by atoms with Crippen LogP contribution >= 0.6 is 11.8 Å². The average molecular weight is 460 g/mol. The molecule has 0 unspecified atom stereocenters. The number of methoxy groups -OCH3 is 2. The van der Waals surface area contributed by atoms with Crippen molar-refractivity contribution in [2.24, 2.45) is 5.10 Å². The van der Waals surface area contributed by atoms with Crippen molar-refractivity contribution in [3.8, 4) is 22.8 Å². The number of hydrogen-bond donors (Lipinski definition) is 1. The largest absolute Gasteiger partial charge is 0.495 e. The van der Waals surface area contributed by atoms with E-state index in [4.69, 9.17) is 9.47 Å². The van der Waals surface area contributed by atoms with E-state index in [1.807, 2.05) is 77.4 Å². The van der Waals surface area contributed by atoms with Gasteiger partial charge in [0.15, 0.2) is 5.82 Å². The van der Waals surface area contributed by atoms with Gasteiger partial charge in [-0.3, -0.25) is 9.99 Å². The molecule has 0 bridgehead atoms. The molecule has 1 heterocycles. The van der Waals surface area contributed by atoms with Crippen molar-refractivity contribution in [3.63, 3.8) is 0 Å². The quantitative estimate of drug-likeness (QED) is 0.148. The second-order valence-electron chi connectivity index (χ2n) is 6.67. The molecule has 0 aliphatic rings. The van der Waals surface area contributed by atoms with E-state index in [0.717, 1.165) is 23.0 Å². The Labute approximate surface area is 195 Å². The third-order valence-electron chi connectivity index (χ3n) is 4.61. The number of thioether (sulfide) groups is 1. The molecular formula is C24H21N5O3S. The van der Waals surface area contributed by atoms with Crippen molar-refractivity contribution in [2.75, 3.05) is 19.6 Å². The minimum atomic E-state index is -0.605. The first-order valence-electron chi connectivity index (χ1n) is 10.0. The number of ether oxygens (including phenoxy) is 2. The number of hydrogen-bond acceptors (Lipinski definition) is 8. The van der Waals surface area contributed by atoms with E-state index in [-0.39, 0.29) is 5.04 Å². The summed E-state index contributed by atoms with van der Waals surface area (Å²) in [7, 11) is 2.87. The number of anilines is 1. The standard InChI is InChI=1S/C24H21N5O3S/c1-31-20-16-10-9-15-19(20)25-27-22(23(30)32-2)33-24-28-26-21(17-11-5-3-6-12-17)29(24)18-13-7-4-8-14-18/h3-16,25H,1-2H3/b27-22-. The topological polar surface area (TPSA) is 90.6 Å². The third kappa shape index (κ3) is 5.04. The minimum Gasteiger partial charge on any atom is -0.495 e. The Morgan fingerprint density at radius 1 is 0.909 bits per heavy atom. The first-order valence-corrected chi connectivity index (χ1v) is 10.8. The number of aromatic nitrogens is 3. The van der Waals surface area contributed by atoms with E-state index < -0.39 is 5.97 Å². The maximum Gasteiger partial charge on any atom is 0.365 e. The van der Waals surface area contributed by atoms with Crippen LogP contribution in [0.5, 0.6) is 5.75 Å². The molecule has 1 N–H and O–H groups in total. The first-order chi connectivity index (χ1) is 16.2. The van der Waals surface area contributed by atoms with Gasteiger partial charge in [-0.05, 0) is 36.0 Å². The number of hydrazone groups is 1. The molecule has 0 saturated carbocycles. The fraction of sp³-hybridized carbons (Fsp3) is 0.0833. The maximum absolute atomic E-state index is 12.5. The van der Waals surface area contributed by atoms with Crippen LogP contribution in [-0.4, -0.2) is 40.0 Å². The lowest BCUT2D eigenvalue weighted by Gasteiger charge is -2.11. The summed E-state index contributed by atoms with van der Waals surface area (Å²) < 4.78 is 12.2. The molecule has 33 heavy (non-hydrogen) atoms. The number of carbonyl (C=O) groups is 1. The Kier molecular flexibility index (Phi) is 7.01. The normalized spacial score (nSPS) is 11.2. The molecule has 0 spiro atoms. The van der Waals surface area contributed by atoms with Gasteiger partial charge >= 0.3 is 5.97 Å². The van der Waals surface area contributed by atoms with Crippen molar-refractivity contribution in [3.05, 3.63) is 84.9 Å². The molecule has 0 atom stereocenters. The summed E-state index contributed by atoms with van der Waals surface area (Å²) in [6, 6.07) is 26.7. The summed E-state index contributed by atoms with van der Waals surface area (Å²) in [5.41, 5.74) is 5.23. The van der Waals surface area contributed by atoms with E-state index in [0.29, 0.717) is 22.4 Å². The Hall–Kier alpha value is -4.11. The summed E-state index contributed by atoms with van der Waals surface area (Å²) in [5, 5.41) is 13.5. The van der Waals surface area contributed by atoms with Gasteiger partial charge in [-0.2, -0.15) is 5.10 Å². The molecule has 0 aliphatic heterocycles. The summed E-state index contributed by atoms with van der Waals surface area (Å²) in [6.07, 6.45) is 0. The van der Waals surface area contributed by atoms with Crippen LogP contribution in [0, 0.1) is 0 Å². The van der Waals surface area contributed by atoms with Crippen molar-refractivity contribution in [1.29, 1.82) is 0 Å². The summed E-state index contributed by atoms with van der Waals surface area (Å²) >= 11 is 1.05. The second-order valence-corrected chi connectivity index (χ2v) is 7.62. The van der Waals surface area contributed by atoms with Gasteiger partial charge in [-0.25, -0.2) is 4.79 Å². The monoisotopic (exact) mass is 459 g/mol. The molecule has 0 fully saturated rings. The lowest BCUT2D eigenvalue weighted by Crippen LogP contribution is -2.15. The van der Waals surface area contributed by atoms with Crippen LogP contribution < -0.4 is 10.2 Å². The minimum absolute atomic E-state index is 0.0626. The van der Waals surface area contributed by atoms with Gasteiger partial charge in [-0.15, -0.1) is 10.2 Å². The van der Waals surface area contributed by atoms with E-state index in [1.54, 1.807) is 19.2 Å². The van der Waals surface area contributed by atoms with Crippen LogP contribution in [0.25, 0.3) is 17.1 Å². The van der Waals surface area contributed by atoms with Crippen LogP contribution in [0.2, 0.25) is 0 Å². The average Bonchev–Trinajstić information content (AvgIpc) is 3.30. The Balaban J connectivity index is 1.74. The predicted octanol–water partition coefficient (Wildman–Crippen LogP) is 4.63. The van der Waals surface area contributed by atoms with Gasteiger partial charge in [0.2, 0.25) is 10.2 Å². The predicted molar refractivity (Wildman–Crippen MR) is 129 cm³/mol. The van der Waals surface area contributed by atoms with Gasteiger partial charge in [-0.1, -0.05) is 60.7 Å². The molecule has 0 aliphatic carbocycles. The van der Waals surface area contributed by atoms with E-state index in [1.165, 1.54) is 7.11 Å². The number of esters is 1. The van der Waals surface area contributed by atoms with Crippen molar-refractivity contribution in [2.45, 2.75) is 5.16 Å². The molecule has 3 aromatic carbocycles. The van der Waals surface area contributed by atoms with Crippen LogP contribution in [0.3, 0.4) is 0 Å². The van der Waals surface area contributed by atoms with Gasteiger partial charge in [0.1, 0.15) is 5.75 Å². The summed E-state index contributed by atoms with van der Waals surface area (Å²) in [6.45, 7) is 0. The van der Waals surface area contributed by atoms with Crippen LogP contribution in [-0.2, 0) is 9.53 Å². The molecule has 1 aromatic heterocycles. The molecular weight excluding hydrogens is 438 g/mol. The Morgan fingerprint density at radius 2 is 1.58 bits per heavy atom. The zero-order valence-corrected chi connectivity index (χ0v) is 18.8. The maximum atomic E-state index is 12.5. The molecule has 166 valence electrons. The Bertz CT molecular complexity index is 1260. The highest BCUT2D eigenvalue weighted by Gasteiger charge is 2.22. The Morgan fingerprint density at radius 3 is 2.27 bits per heavy atom. The second kappa shape index (κ2) is 10.5. The van der Waals surface area contributed by atoms with Crippen LogP contribution in [0.4, 0.5) is 5.69 Å². The van der Waals surface area contributed by atoms with Crippen molar-refractivity contribution >= 4 is 28.5 Å². The number of benzene rings is 3. The number of nitrogens with one attached hydrogen (secondary N) is 1. The van der Waals surface area contributed by atoms with Gasteiger partial charge in [0.05, 0.1) is 19.9 Å². The summed E-state index contributed by atoms with van der Waals surface area (Å²) in [5.74, 6) is 0.631. The number of para-hydroxylation sites is 3. The molecule has 4 rings (SSSR count). The number of carbonyl (C=O) groups excluding carboxylic acids is 1. The highest BCUT2D eigenvalue weighted by atomic mass is 32.2. The van der Waals surface area contributed by atoms with E-state index >= 15 is 0 Å². The highest BCUT2D eigenvalue weighted by molar-refractivity contribution is 8.15. The highest BCUT2D eigenvalue weighted by Crippen LogP contribution is 2.29. The smallest absolute Gasteiger partial charge is 0.365 e. The molecule has 0 amide bonds. The van der Waals surface area contributed by atoms with Crippen molar-refractivity contribution in [1.82, 2.24) is 14.8 Å². The third-order valence-corrected chi connectivity index (χ3v) is 5.51. The SMILES string of the molecule is COC(=O)/C(=N/Nc1ccccc1OC)Sc1nnc(-c2ccccc2)n1-c1ccccc1. The number of nitrogens with zero attached hydrogens (tertiary/aromatic N) is 4. The molecule has 8 nitrogen and oxygen atoms in total. The van der Waals surface area contributed by atoms with Crippen LogP contribution in [0.15, 0.2) is 95.2 Å². The lowest BCUT2D eigenvalue weighted by atomic mass is 10.2. The molecule has 0 saturated heterocycles. The van der Waals surface area contributed by atoms with Gasteiger partial charge < -0.3 is 9.47 Å². The van der Waals surface area contributed by atoms with Crippen LogP contribution in [0.1, 0.15) is 0 Å². The fourth-order valence-electron chi connectivity index (χ4n) is 3.05. The van der Waals surface area contributed by atoms with Gasteiger partial charge in [0, 0.05) is 11.3 Å². The lowest BCUT2D eigenvalue weighted by molar-refractivity contribution is -0.132. The van der Waals surface area contributed by atoms with Crippen molar-refractivity contribution < 1.29 is 14.3 Å². The zero-order valence-electron chi connectivity index (χ0n) is 18.0. The molecule has 9 heteroatoms. The number of rotatable bonds is 6. The van der Waals surface area contributed by atoms with Gasteiger partial charge in [0.25, 0.3) is 0 Å². The van der Waals surface area contributed by atoms with E-state index in [9.17, 15) is 4.79 Å².